The second-order valence-electron chi connectivity index (χ2n) is 5.94. The number of allylic oxidation sites excluding steroid dienone is 1. The zero-order chi connectivity index (χ0) is 14.1. The molecule has 0 bridgehead atoms. The first-order valence-electron chi connectivity index (χ1n) is 7.92. The van der Waals surface area contributed by atoms with Gasteiger partial charge in [0, 0.05) is 18.6 Å². The molecule has 1 fully saturated rings. The van der Waals surface area contributed by atoms with Crippen molar-refractivity contribution < 1.29 is 0 Å². The van der Waals surface area contributed by atoms with Gasteiger partial charge in [0.15, 0.2) is 0 Å². The number of likely N-dealkylation sites (N-methyl/N-ethyl adjacent to an activating group) is 2. The van der Waals surface area contributed by atoms with E-state index in [0.29, 0.717) is 12.1 Å². The number of hydrogen-bond donors (Lipinski definition) is 1. The molecule has 0 amide bonds. The van der Waals surface area contributed by atoms with Crippen LogP contribution in [0.25, 0.3) is 0 Å². The van der Waals surface area contributed by atoms with Gasteiger partial charge in [0.05, 0.1) is 0 Å². The van der Waals surface area contributed by atoms with E-state index < -0.39 is 0 Å². The van der Waals surface area contributed by atoms with E-state index in [9.17, 15) is 0 Å². The monoisotopic (exact) mass is 267 g/mol. The molecule has 1 rings (SSSR count). The van der Waals surface area contributed by atoms with Crippen molar-refractivity contribution in [3.05, 3.63) is 12.7 Å². The molecule has 1 aliphatic heterocycles. The fourth-order valence-electron chi connectivity index (χ4n) is 2.98. The highest BCUT2D eigenvalue weighted by Gasteiger charge is 2.27. The van der Waals surface area contributed by atoms with E-state index in [1.165, 1.54) is 45.3 Å². The van der Waals surface area contributed by atoms with Gasteiger partial charge in [0.2, 0.25) is 0 Å². The summed E-state index contributed by atoms with van der Waals surface area (Å²) in [5, 5.41) is 3.77. The Hall–Kier alpha value is -0.380. The van der Waals surface area contributed by atoms with Crippen molar-refractivity contribution in [1.82, 2.24) is 15.1 Å². The fourth-order valence-corrected chi connectivity index (χ4v) is 2.98. The van der Waals surface area contributed by atoms with Crippen molar-refractivity contribution in [2.45, 2.75) is 51.1 Å². The largest absolute Gasteiger partial charge is 0.312 e. The Morgan fingerprint density at radius 3 is 2.84 bits per heavy atom. The van der Waals surface area contributed by atoms with E-state index in [1.807, 2.05) is 6.08 Å². The summed E-state index contributed by atoms with van der Waals surface area (Å²) in [6.07, 6.45) is 8.19. The molecule has 3 heteroatoms. The van der Waals surface area contributed by atoms with E-state index in [0.717, 1.165) is 13.0 Å². The zero-order valence-electron chi connectivity index (χ0n) is 13.2. The third-order valence-corrected chi connectivity index (χ3v) is 4.16. The summed E-state index contributed by atoms with van der Waals surface area (Å²) in [5.74, 6) is 0. The van der Waals surface area contributed by atoms with E-state index in [4.69, 9.17) is 0 Å². The lowest BCUT2D eigenvalue weighted by atomic mass is 10.00. The Morgan fingerprint density at radius 1 is 1.37 bits per heavy atom. The standard InChI is InChI=1S/C16H33N3/c1-5-7-8-10-15(17-11-6-2)16-14-18(3)12-9-13-19(16)4/h5,15-17H,1,6-14H2,2-4H3. The predicted molar refractivity (Wildman–Crippen MR) is 84.7 cm³/mol. The lowest BCUT2D eigenvalue weighted by molar-refractivity contribution is 0.171. The number of nitrogens with one attached hydrogen (secondary N) is 1. The van der Waals surface area contributed by atoms with Crippen LogP contribution < -0.4 is 5.32 Å². The van der Waals surface area contributed by atoms with Crippen molar-refractivity contribution in [1.29, 1.82) is 0 Å². The van der Waals surface area contributed by atoms with Crippen LogP contribution >= 0.6 is 0 Å². The Morgan fingerprint density at radius 2 is 2.16 bits per heavy atom. The first-order valence-corrected chi connectivity index (χ1v) is 7.92. The summed E-state index contributed by atoms with van der Waals surface area (Å²) < 4.78 is 0. The topological polar surface area (TPSA) is 18.5 Å². The number of rotatable bonds is 8. The maximum Gasteiger partial charge on any atom is 0.0373 e. The van der Waals surface area contributed by atoms with Crippen molar-refractivity contribution in [3.8, 4) is 0 Å². The van der Waals surface area contributed by atoms with Gasteiger partial charge < -0.3 is 15.1 Å². The summed E-state index contributed by atoms with van der Waals surface area (Å²) in [5.41, 5.74) is 0. The lowest BCUT2D eigenvalue weighted by Gasteiger charge is -2.35. The molecule has 2 unspecified atom stereocenters. The molecular formula is C16H33N3. The van der Waals surface area contributed by atoms with Crippen molar-refractivity contribution >= 4 is 0 Å². The fraction of sp³-hybridized carbons (Fsp3) is 0.875. The van der Waals surface area contributed by atoms with Crippen LogP contribution in [-0.2, 0) is 0 Å². The van der Waals surface area contributed by atoms with Gasteiger partial charge in [-0.05, 0) is 65.8 Å². The molecule has 112 valence electrons. The Labute approximate surface area is 120 Å². The van der Waals surface area contributed by atoms with Gasteiger partial charge in [0.1, 0.15) is 0 Å². The highest BCUT2D eigenvalue weighted by Crippen LogP contribution is 2.15. The minimum atomic E-state index is 0.616. The predicted octanol–water partition coefficient (Wildman–Crippen LogP) is 2.35. The maximum absolute atomic E-state index is 3.84. The molecule has 0 aromatic carbocycles. The van der Waals surface area contributed by atoms with Crippen molar-refractivity contribution in [3.63, 3.8) is 0 Å². The minimum absolute atomic E-state index is 0.616. The zero-order valence-corrected chi connectivity index (χ0v) is 13.2. The molecule has 0 spiro atoms. The van der Waals surface area contributed by atoms with Crippen LogP contribution in [0, 0.1) is 0 Å². The molecule has 1 N–H and O–H groups in total. The van der Waals surface area contributed by atoms with Gasteiger partial charge in [-0.3, -0.25) is 0 Å². The van der Waals surface area contributed by atoms with E-state index >= 15 is 0 Å². The highest BCUT2D eigenvalue weighted by molar-refractivity contribution is 4.88. The van der Waals surface area contributed by atoms with Crippen LogP contribution in [0.3, 0.4) is 0 Å². The Bertz CT molecular complexity index is 242. The summed E-state index contributed by atoms with van der Waals surface area (Å²) in [4.78, 5) is 5.05. The third kappa shape index (κ3) is 6.07. The van der Waals surface area contributed by atoms with E-state index in [2.05, 4.69) is 42.7 Å². The molecule has 0 aromatic rings. The van der Waals surface area contributed by atoms with Crippen LogP contribution in [0.5, 0.6) is 0 Å². The molecule has 0 saturated carbocycles. The average Bonchev–Trinajstić information content (AvgIpc) is 2.56. The smallest absolute Gasteiger partial charge is 0.0373 e. The van der Waals surface area contributed by atoms with Crippen LogP contribution in [0.2, 0.25) is 0 Å². The SMILES string of the molecule is C=CCCCC(NCCC)C1CN(C)CCCN1C. The first-order chi connectivity index (χ1) is 9.19. The van der Waals surface area contributed by atoms with Crippen LogP contribution in [0.15, 0.2) is 12.7 Å². The molecule has 0 radical (unpaired) electrons. The Balaban J connectivity index is 2.59. The van der Waals surface area contributed by atoms with E-state index in [1.54, 1.807) is 0 Å². The average molecular weight is 267 g/mol. The normalized spacial score (nSPS) is 24.1. The summed E-state index contributed by atoms with van der Waals surface area (Å²) in [7, 11) is 4.55. The van der Waals surface area contributed by atoms with Gasteiger partial charge >= 0.3 is 0 Å². The minimum Gasteiger partial charge on any atom is -0.312 e. The second-order valence-corrected chi connectivity index (χ2v) is 5.94. The molecule has 0 aromatic heterocycles. The van der Waals surface area contributed by atoms with Crippen molar-refractivity contribution in [2.75, 3.05) is 40.3 Å². The molecule has 2 atom stereocenters. The quantitative estimate of drug-likeness (QED) is 0.538. The molecule has 1 saturated heterocycles. The van der Waals surface area contributed by atoms with Crippen LogP contribution in [-0.4, -0.2) is 62.2 Å². The molecular weight excluding hydrogens is 234 g/mol. The van der Waals surface area contributed by atoms with Gasteiger partial charge in [-0.15, -0.1) is 6.58 Å². The number of hydrogen-bond acceptors (Lipinski definition) is 3. The number of unbranched alkanes of at least 4 members (excludes halogenated alkanes) is 1. The molecule has 3 nitrogen and oxygen atoms in total. The van der Waals surface area contributed by atoms with Crippen LogP contribution in [0.4, 0.5) is 0 Å². The molecule has 1 aliphatic rings. The molecule has 1 heterocycles. The van der Waals surface area contributed by atoms with Gasteiger partial charge in [0.25, 0.3) is 0 Å². The molecule has 19 heavy (non-hydrogen) atoms. The second kappa shape index (κ2) is 9.51. The summed E-state index contributed by atoms with van der Waals surface area (Å²) in [6.45, 7) is 10.9. The van der Waals surface area contributed by atoms with E-state index in [-0.39, 0.29) is 0 Å². The van der Waals surface area contributed by atoms with Crippen LogP contribution in [0.1, 0.15) is 39.0 Å². The lowest BCUT2D eigenvalue weighted by Crippen LogP contribution is -2.52. The Kier molecular flexibility index (Phi) is 8.35. The van der Waals surface area contributed by atoms with Gasteiger partial charge in [-0.25, -0.2) is 0 Å². The first kappa shape index (κ1) is 16.7. The molecule has 0 aliphatic carbocycles. The van der Waals surface area contributed by atoms with Gasteiger partial charge in [-0.1, -0.05) is 13.0 Å². The number of nitrogens with zero attached hydrogens (tertiary/aromatic N) is 2. The van der Waals surface area contributed by atoms with Gasteiger partial charge in [-0.2, -0.15) is 0 Å². The highest BCUT2D eigenvalue weighted by atomic mass is 15.2. The van der Waals surface area contributed by atoms with Crippen molar-refractivity contribution in [2.24, 2.45) is 0 Å². The summed E-state index contributed by atoms with van der Waals surface area (Å²) in [6, 6.07) is 1.26. The third-order valence-electron chi connectivity index (χ3n) is 4.16. The summed E-state index contributed by atoms with van der Waals surface area (Å²) >= 11 is 0. The maximum atomic E-state index is 3.84.